The van der Waals surface area contributed by atoms with Crippen molar-refractivity contribution in [3.8, 4) is 0 Å². The minimum absolute atomic E-state index is 0.438. The van der Waals surface area contributed by atoms with Crippen LogP contribution in [0.3, 0.4) is 0 Å². The van der Waals surface area contributed by atoms with Crippen LogP contribution in [0.1, 0.15) is 36.1 Å². The lowest BCUT2D eigenvalue weighted by molar-refractivity contribution is 0.146. The zero-order chi connectivity index (χ0) is 11.7. The van der Waals surface area contributed by atoms with Gasteiger partial charge >= 0.3 is 0 Å². The molecule has 0 spiro atoms. The van der Waals surface area contributed by atoms with E-state index < -0.39 is 0 Å². The number of thiophene rings is 1. The van der Waals surface area contributed by atoms with E-state index in [0.29, 0.717) is 5.41 Å². The Morgan fingerprint density at radius 1 is 1.35 bits per heavy atom. The fourth-order valence-electron chi connectivity index (χ4n) is 3.47. The van der Waals surface area contributed by atoms with Gasteiger partial charge in [0, 0.05) is 24.5 Å². The summed E-state index contributed by atoms with van der Waals surface area (Å²) in [6.45, 7) is 4.48. The first-order valence-corrected chi connectivity index (χ1v) is 7.67. The largest absolute Gasteiger partial charge is 0.330 e. The number of rotatable bonds is 3. The first-order valence-electron chi connectivity index (χ1n) is 6.79. The lowest BCUT2D eigenvalue weighted by atomic mass is 9.85. The molecule has 2 nitrogen and oxygen atoms in total. The molecule has 94 valence electrons. The van der Waals surface area contributed by atoms with E-state index in [1.807, 2.05) is 11.3 Å². The molecule has 1 aromatic heterocycles. The third-order valence-electron chi connectivity index (χ3n) is 4.54. The molecule has 1 saturated carbocycles. The molecule has 0 unspecified atom stereocenters. The van der Waals surface area contributed by atoms with Gasteiger partial charge in [-0.1, -0.05) is 12.8 Å². The van der Waals surface area contributed by atoms with E-state index in [9.17, 15) is 0 Å². The molecule has 0 aromatic carbocycles. The van der Waals surface area contributed by atoms with Crippen molar-refractivity contribution in [1.82, 2.24) is 4.90 Å². The van der Waals surface area contributed by atoms with Crippen molar-refractivity contribution in [2.45, 2.75) is 38.6 Å². The standard InChI is InChI=1S/C14H22N2S/c15-10-14(5-1-2-6-14)11-16-7-3-13-12(9-16)4-8-17-13/h4,8H,1-3,5-7,9-11,15H2. The van der Waals surface area contributed by atoms with Crippen LogP contribution in [0.5, 0.6) is 0 Å². The monoisotopic (exact) mass is 250 g/mol. The average molecular weight is 250 g/mol. The zero-order valence-corrected chi connectivity index (χ0v) is 11.3. The number of nitrogens with two attached hydrogens (primary N) is 1. The van der Waals surface area contributed by atoms with Gasteiger partial charge < -0.3 is 5.73 Å². The molecule has 3 rings (SSSR count). The first-order chi connectivity index (χ1) is 8.31. The van der Waals surface area contributed by atoms with Crippen molar-refractivity contribution in [1.29, 1.82) is 0 Å². The lowest BCUT2D eigenvalue weighted by Crippen LogP contribution is -2.42. The fourth-order valence-corrected chi connectivity index (χ4v) is 4.36. The van der Waals surface area contributed by atoms with E-state index in [0.717, 1.165) is 13.1 Å². The van der Waals surface area contributed by atoms with Crippen LogP contribution >= 0.6 is 11.3 Å². The van der Waals surface area contributed by atoms with Gasteiger partial charge in [-0.2, -0.15) is 0 Å². The summed E-state index contributed by atoms with van der Waals surface area (Å²) in [5.41, 5.74) is 8.04. The molecular formula is C14H22N2S. The molecule has 0 bridgehead atoms. The maximum Gasteiger partial charge on any atom is 0.0245 e. The summed E-state index contributed by atoms with van der Waals surface area (Å²) >= 11 is 1.92. The van der Waals surface area contributed by atoms with Gasteiger partial charge in [-0.25, -0.2) is 0 Å². The van der Waals surface area contributed by atoms with Crippen LogP contribution in [0.15, 0.2) is 11.4 Å². The topological polar surface area (TPSA) is 29.3 Å². The van der Waals surface area contributed by atoms with Crippen LogP contribution in [0.25, 0.3) is 0 Å². The molecule has 1 fully saturated rings. The molecule has 0 amide bonds. The third kappa shape index (κ3) is 2.28. The molecule has 1 aliphatic heterocycles. The van der Waals surface area contributed by atoms with Crippen molar-refractivity contribution in [2.24, 2.45) is 11.1 Å². The highest BCUT2D eigenvalue weighted by molar-refractivity contribution is 7.10. The van der Waals surface area contributed by atoms with Gasteiger partial charge in [0.1, 0.15) is 0 Å². The van der Waals surface area contributed by atoms with Crippen molar-refractivity contribution >= 4 is 11.3 Å². The molecule has 0 saturated heterocycles. The summed E-state index contributed by atoms with van der Waals surface area (Å²) < 4.78 is 0. The number of hydrogen-bond acceptors (Lipinski definition) is 3. The van der Waals surface area contributed by atoms with Gasteiger partial charge in [-0.05, 0) is 48.2 Å². The predicted molar refractivity (Wildman–Crippen MR) is 73.3 cm³/mol. The maximum atomic E-state index is 6.04. The highest BCUT2D eigenvalue weighted by Gasteiger charge is 2.34. The van der Waals surface area contributed by atoms with Crippen molar-refractivity contribution in [3.05, 3.63) is 21.9 Å². The Labute approximate surface area is 108 Å². The molecule has 3 heteroatoms. The normalized spacial score (nSPS) is 23.8. The Bertz CT molecular complexity index is 379. The van der Waals surface area contributed by atoms with E-state index in [-0.39, 0.29) is 0 Å². The second-order valence-electron chi connectivity index (χ2n) is 5.74. The predicted octanol–water partition coefficient (Wildman–Crippen LogP) is 2.63. The van der Waals surface area contributed by atoms with E-state index >= 15 is 0 Å². The summed E-state index contributed by atoms with van der Waals surface area (Å²) in [5.74, 6) is 0. The lowest BCUT2D eigenvalue weighted by Gasteiger charge is -2.36. The number of fused-ring (bicyclic) bond motifs is 1. The third-order valence-corrected chi connectivity index (χ3v) is 5.57. The van der Waals surface area contributed by atoms with Crippen molar-refractivity contribution < 1.29 is 0 Å². The maximum absolute atomic E-state index is 6.04. The van der Waals surface area contributed by atoms with Crippen LogP contribution < -0.4 is 5.73 Å². The highest BCUT2D eigenvalue weighted by atomic mass is 32.1. The second kappa shape index (κ2) is 4.71. The van der Waals surface area contributed by atoms with E-state index in [1.165, 1.54) is 45.2 Å². The Hall–Kier alpha value is -0.380. The van der Waals surface area contributed by atoms with Crippen LogP contribution in [0, 0.1) is 5.41 Å². The second-order valence-corrected chi connectivity index (χ2v) is 6.74. The van der Waals surface area contributed by atoms with Gasteiger partial charge in [-0.3, -0.25) is 4.90 Å². The van der Waals surface area contributed by atoms with Crippen LogP contribution in [-0.2, 0) is 13.0 Å². The first kappa shape index (κ1) is 11.7. The van der Waals surface area contributed by atoms with Crippen LogP contribution in [0.2, 0.25) is 0 Å². The molecule has 17 heavy (non-hydrogen) atoms. The van der Waals surface area contributed by atoms with Gasteiger partial charge in [0.15, 0.2) is 0 Å². The molecule has 1 aliphatic carbocycles. The summed E-state index contributed by atoms with van der Waals surface area (Å²) in [4.78, 5) is 4.24. The van der Waals surface area contributed by atoms with E-state index in [1.54, 1.807) is 10.4 Å². The molecular weight excluding hydrogens is 228 g/mol. The molecule has 0 radical (unpaired) electrons. The Kier molecular flexibility index (Phi) is 3.24. The summed E-state index contributed by atoms with van der Waals surface area (Å²) in [5, 5.41) is 2.24. The summed E-state index contributed by atoms with van der Waals surface area (Å²) in [7, 11) is 0. The molecule has 2 heterocycles. The SMILES string of the molecule is NCC1(CN2CCc3sccc3C2)CCCC1. The molecule has 0 atom stereocenters. The molecule has 1 aromatic rings. The van der Waals surface area contributed by atoms with Crippen LogP contribution in [0.4, 0.5) is 0 Å². The fraction of sp³-hybridized carbons (Fsp3) is 0.714. The number of hydrogen-bond donors (Lipinski definition) is 1. The van der Waals surface area contributed by atoms with Gasteiger partial charge in [0.2, 0.25) is 0 Å². The smallest absolute Gasteiger partial charge is 0.0245 e. The summed E-state index contributed by atoms with van der Waals surface area (Å²) in [6.07, 6.45) is 6.70. The Morgan fingerprint density at radius 3 is 2.94 bits per heavy atom. The van der Waals surface area contributed by atoms with Gasteiger partial charge in [0.25, 0.3) is 0 Å². The Balaban J connectivity index is 1.67. The minimum Gasteiger partial charge on any atom is -0.330 e. The summed E-state index contributed by atoms with van der Waals surface area (Å²) in [6, 6.07) is 2.30. The van der Waals surface area contributed by atoms with Crippen molar-refractivity contribution in [3.63, 3.8) is 0 Å². The Morgan fingerprint density at radius 2 is 2.18 bits per heavy atom. The average Bonchev–Trinajstić information content (AvgIpc) is 2.97. The van der Waals surface area contributed by atoms with Crippen LogP contribution in [-0.4, -0.2) is 24.5 Å². The highest BCUT2D eigenvalue weighted by Crippen LogP contribution is 2.38. The van der Waals surface area contributed by atoms with Gasteiger partial charge in [-0.15, -0.1) is 11.3 Å². The quantitative estimate of drug-likeness (QED) is 0.893. The molecule has 2 aliphatic rings. The minimum atomic E-state index is 0.438. The van der Waals surface area contributed by atoms with E-state index in [4.69, 9.17) is 5.73 Å². The zero-order valence-electron chi connectivity index (χ0n) is 10.5. The van der Waals surface area contributed by atoms with E-state index in [2.05, 4.69) is 16.3 Å². The van der Waals surface area contributed by atoms with Crippen molar-refractivity contribution in [2.75, 3.05) is 19.6 Å². The number of nitrogens with zero attached hydrogens (tertiary/aromatic N) is 1. The molecule has 2 N–H and O–H groups in total. The van der Waals surface area contributed by atoms with Gasteiger partial charge in [0.05, 0.1) is 0 Å².